The highest BCUT2D eigenvalue weighted by atomic mass is 16.5. The molecule has 0 aliphatic carbocycles. The Balaban J connectivity index is 2.31. The molecule has 1 aromatic carbocycles. The summed E-state index contributed by atoms with van der Waals surface area (Å²) in [6.45, 7) is 1.36. The van der Waals surface area contributed by atoms with Gasteiger partial charge in [0.1, 0.15) is 5.75 Å². The maximum atomic E-state index is 5.88. The summed E-state index contributed by atoms with van der Waals surface area (Å²) in [7, 11) is 3.29. The van der Waals surface area contributed by atoms with Crippen LogP contribution in [0.5, 0.6) is 5.75 Å². The summed E-state index contributed by atoms with van der Waals surface area (Å²) in [5.74, 6) is 0.684. The fourth-order valence-electron chi connectivity index (χ4n) is 1.82. The van der Waals surface area contributed by atoms with Gasteiger partial charge < -0.3 is 15.2 Å². The van der Waals surface area contributed by atoms with Crippen molar-refractivity contribution in [2.24, 2.45) is 0 Å². The van der Waals surface area contributed by atoms with Gasteiger partial charge in [0.2, 0.25) is 0 Å². The number of para-hydroxylation sites is 1. The van der Waals surface area contributed by atoms with Crippen LogP contribution in [0.25, 0.3) is 11.1 Å². The summed E-state index contributed by atoms with van der Waals surface area (Å²) < 4.78 is 12.2. The first-order chi connectivity index (χ1) is 8.76. The molecule has 0 aliphatic rings. The van der Waals surface area contributed by atoms with Gasteiger partial charge in [-0.2, -0.15) is 5.10 Å². The number of benzene rings is 1. The maximum absolute atomic E-state index is 5.88. The van der Waals surface area contributed by atoms with Crippen molar-refractivity contribution in [1.29, 1.82) is 0 Å². The lowest BCUT2D eigenvalue weighted by atomic mass is 10.1. The summed E-state index contributed by atoms with van der Waals surface area (Å²) in [4.78, 5) is 0. The lowest BCUT2D eigenvalue weighted by Gasteiger charge is -2.09. The normalized spacial score (nSPS) is 10.6. The van der Waals surface area contributed by atoms with Crippen LogP contribution >= 0.6 is 0 Å². The van der Waals surface area contributed by atoms with E-state index in [1.54, 1.807) is 20.4 Å². The molecule has 2 N–H and O–H groups in total. The van der Waals surface area contributed by atoms with E-state index in [-0.39, 0.29) is 0 Å². The number of nitrogens with zero attached hydrogens (tertiary/aromatic N) is 2. The van der Waals surface area contributed by atoms with Crippen molar-refractivity contribution in [3.05, 3.63) is 30.6 Å². The number of ether oxygens (including phenoxy) is 2. The lowest BCUT2D eigenvalue weighted by Crippen LogP contribution is -2.03. The molecular formula is C13H17N3O2. The molecule has 0 amide bonds. The molecule has 0 radical (unpaired) electrons. The van der Waals surface area contributed by atoms with Crippen LogP contribution in [0.15, 0.2) is 30.6 Å². The van der Waals surface area contributed by atoms with Crippen molar-refractivity contribution in [2.45, 2.75) is 6.54 Å². The summed E-state index contributed by atoms with van der Waals surface area (Å²) in [6, 6.07) is 5.68. The fraction of sp³-hybridized carbons (Fsp3) is 0.308. The average molecular weight is 247 g/mol. The number of anilines is 1. The van der Waals surface area contributed by atoms with Gasteiger partial charge >= 0.3 is 0 Å². The molecule has 0 spiro atoms. The average Bonchev–Trinajstić information content (AvgIpc) is 2.84. The summed E-state index contributed by atoms with van der Waals surface area (Å²) in [5.41, 5.74) is 8.44. The Morgan fingerprint density at radius 2 is 2.17 bits per heavy atom. The third-order valence-electron chi connectivity index (χ3n) is 2.72. The molecule has 0 fully saturated rings. The van der Waals surface area contributed by atoms with Gasteiger partial charge in [-0.15, -0.1) is 0 Å². The number of nitrogen functional groups attached to an aromatic ring is 1. The van der Waals surface area contributed by atoms with E-state index in [9.17, 15) is 0 Å². The van der Waals surface area contributed by atoms with Crippen LogP contribution in [0.4, 0.5) is 5.69 Å². The second-order valence-electron chi connectivity index (χ2n) is 3.91. The Kier molecular flexibility index (Phi) is 3.84. The zero-order valence-corrected chi connectivity index (χ0v) is 10.6. The van der Waals surface area contributed by atoms with Gasteiger partial charge in [0.05, 0.1) is 32.1 Å². The molecule has 1 heterocycles. The Bertz CT molecular complexity index is 523. The number of hydrogen-bond acceptors (Lipinski definition) is 4. The summed E-state index contributed by atoms with van der Waals surface area (Å²) in [6.07, 6.45) is 3.75. The molecule has 18 heavy (non-hydrogen) atoms. The predicted molar refractivity (Wildman–Crippen MR) is 70.5 cm³/mol. The molecular weight excluding hydrogens is 230 g/mol. The molecule has 96 valence electrons. The molecule has 0 saturated heterocycles. The molecule has 0 unspecified atom stereocenters. The fourth-order valence-corrected chi connectivity index (χ4v) is 1.82. The van der Waals surface area contributed by atoms with Crippen molar-refractivity contribution >= 4 is 5.69 Å². The van der Waals surface area contributed by atoms with Crippen molar-refractivity contribution in [1.82, 2.24) is 9.78 Å². The van der Waals surface area contributed by atoms with Gasteiger partial charge in [-0.1, -0.05) is 12.1 Å². The monoisotopic (exact) mass is 247 g/mol. The first-order valence-electron chi connectivity index (χ1n) is 5.70. The minimum Gasteiger partial charge on any atom is -0.494 e. The topological polar surface area (TPSA) is 62.3 Å². The van der Waals surface area contributed by atoms with Gasteiger partial charge in [0, 0.05) is 24.4 Å². The van der Waals surface area contributed by atoms with Gasteiger partial charge in [-0.05, 0) is 6.07 Å². The number of rotatable bonds is 5. The summed E-state index contributed by atoms with van der Waals surface area (Å²) >= 11 is 0. The largest absolute Gasteiger partial charge is 0.494 e. The first-order valence-corrected chi connectivity index (χ1v) is 5.70. The van der Waals surface area contributed by atoms with Gasteiger partial charge in [-0.3, -0.25) is 4.68 Å². The SMILES string of the molecule is COCCn1cc(-c2cccc(N)c2OC)cn1. The predicted octanol–water partition coefficient (Wildman–Crippen LogP) is 1.79. The molecule has 2 rings (SSSR count). The van der Waals surface area contributed by atoms with E-state index >= 15 is 0 Å². The number of methoxy groups -OCH3 is 2. The third kappa shape index (κ3) is 2.46. The van der Waals surface area contributed by atoms with Crippen LogP contribution in [0.3, 0.4) is 0 Å². The van der Waals surface area contributed by atoms with E-state index in [4.69, 9.17) is 15.2 Å². The highest BCUT2D eigenvalue weighted by Crippen LogP contribution is 2.34. The second kappa shape index (κ2) is 5.55. The van der Waals surface area contributed by atoms with Crippen LogP contribution in [0.1, 0.15) is 0 Å². The van der Waals surface area contributed by atoms with Crippen LogP contribution in [-0.4, -0.2) is 30.6 Å². The Labute approximate surface area is 106 Å². The molecule has 0 saturated carbocycles. The van der Waals surface area contributed by atoms with Crippen LogP contribution in [-0.2, 0) is 11.3 Å². The smallest absolute Gasteiger partial charge is 0.149 e. The molecule has 1 aromatic heterocycles. The van der Waals surface area contributed by atoms with Crippen LogP contribution < -0.4 is 10.5 Å². The van der Waals surface area contributed by atoms with Gasteiger partial charge in [-0.25, -0.2) is 0 Å². The zero-order valence-electron chi connectivity index (χ0n) is 10.6. The third-order valence-corrected chi connectivity index (χ3v) is 2.72. The molecule has 5 nitrogen and oxygen atoms in total. The zero-order chi connectivity index (χ0) is 13.0. The van der Waals surface area contributed by atoms with E-state index in [0.29, 0.717) is 18.0 Å². The molecule has 0 atom stereocenters. The number of aromatic nitrogens is 2. The molecule has 2 aromatic rings. The molecule has 0 bridgehead atoms. The lowest BCUT2D eigenvalue weighted by molar-refractivity contribution is 0.183. The van der Waals surface area contributed by atoms with Crippen molar-refractivity contribution in [3.8, 4) is 16.9 Å². The Hall–Kier alpha value is -2.01. The molecule has 5 heteroatoms. The first kappa shape index (κ1) is 12.4. The Morgan fingerprint density at radius 3 is 2.89 bits per heavy atom. The highest BCUT2D eigenvalue weighted by Gasteiger charge is 2.10. The quantitative estimate of drug-likeness (QED) is 0.818. The number of nitrogens with two attached hydrogens (primary N) is 1. The van der Waals surface area contributed by atoms with E-state index in [0.717, 1.165) is 17.7 Å². The van der Waals surface area contributed by atoms with Gasteiger partial charge in [0.15, 0.2) is 0 Å². The standard InChI is InChI=1S/C13H17N3O2/c1-17-7-6-16-9-10(8-15-16)11-4-3-5-12(14)13(11)18-2/h3-5,8-9H,6-7,14H2,1-2H3. The summed E-state index contributed by atoms with van der Waals surface area (Å²) in [5, 5.41) is 4.28. The van der Waals surface area contributed by atoms with Crippen LogP contribution in [0.2, 0.25) is 0 Å². The van der Waals surface area contributed by atoms with Crippen molar-refractivity contribution < 1.29 is 9.47 Å². The van der Waals surface area contributed by atoms with E-state index in [1.807, 2.05) is 29.1 Å². The van der Waals surface area contributed by atoms with Crippen molar-refractivity contribution in [2.75, 3.05) is 26.6 Å². The number of hydrogen-bond donors (Lipinski definition) is 1. The Morgan fingerprint density at radius 1 is 1.33 bits per heavy atom. The minimum atomic E-state index is 0.625. The molecule has 0 aliphatic heterocycles. The second-order valence-corrected chi connectivity index (χ2v) is 3.91. The minimum absolute atomic E-state index is 0.625. The van der Waals surface area contributed by atoms with E-state index < -0.39 is 0 Å². The highest BCUT2D eigenvalue weighted by molar-refractivity contribution is 5.76. The van der Waals surface area contributed by atoms with Crippen LogP contribution in [0, 0.1) is 0 Å². The van der Waals surface area contributed by atoms with Gasteiger partial charge in [0.25, 0.3) is 0 Å². The van der Waals surface area contributed by atoms with E-state index in [2.05, 4.69) is 5.10 Å². The van der Waals surface area contributed by atoms with Crippen molar-refractivity contribution in [3.63, 3.8) is 0 Å². The van der Waals surface area contributed by atoms with E-state index in [1.165, 1.54) is 0 Å². The maximum Gasteiger partial charge on any atom is 0.149 e.